The van der Waals surface area contributed by atoms with Crippen LogP contribution in [0.15, 0.2) is 47.3 Å². The molecule has 4 rings (SSSR count). The highest BCUT2D eigenvalue weighted by Crippen LogP contribution is 2.28. The number of piperidine rings is 1. The van der Waals surface area contributed by atoms with Gasteiger partial charge in [-0.15, -0.1) is 0 Å². The molecular formula is C21H21FN6O3. The maximum atomic E-state index is 13.7. The number of aryl methyl sites for hydroxylation is 1. The molecule has 0 spiro atoms. The lowest BCUT2D eigenvalue weighted by molar-refractivity contribution is 0.0703. The number of aromatic nitrogens is 4. The van der Waals surface area contributed by atoms with Gasteiger partial charge in [0.25, 0.3) is 17.4 Å². The van der Waals surface area contributed by atoms with Crippen LogP contribution in [0, 0.1) is 5.82 Å². The molecule has 1 aromatic carbocycles. The summed E-state index contributed by atoms with van der Waals surface area (Å²) in [7, 11) is 1.50. The summed E-state index contributed by atoms with van der Waals surface area (Å²) in [6, 6.07) is 10.3. The van der Waals surface area contributed by atoms with E-state index in [0.29, 0.717) is 25.9 Å². The third kappa shape index (κ3) is 4.37. The van der Waals surface area contributed by atoms with Crippen molar-refractivity contribution in [1.82, 2.24) is 24.9 Å². The molecule has 9 nitrogen and oxygen atoms in total. The van der Waals surface area contributed by atoms with Gasteiger partial charge in [-0.05, 0) is 37.1 Å². The smallest absolute Gasteiger partial charge is 0.276 e. The van der Waals surface area contributed by atoms with Crippen molar-refractivity contribution < 1.29 is 14.0 Å². The summed E-state index contributed by atoms with van der Waals surface area (Å²) in [5, 5.41) is 13.5. The zero-order valence-corrected chi connectivity index (χ0v) is 16.8. The number of likely N-dealkylation sites (tertiary alicyclic amines) is 1. The first-order valence-electron chi connectivity index (χ1n) is 9.87. The Morgan fingerprint density at radius 2 is 1.87 bits per heavy atom. The zero-order chi connectivity index (χ0) is 22.0. The minimum Gasteiger partial charge on any atom is -0.337 e. The fraction of sp³-hybridized carbons (Fsp3) is 0.286. The maximum Gasteiger partial charge on any atom is 0.276 e. The molecular weight excluding hydrogens is 403 g/mol. The topological polar surface area (TPSA) is 113 Å². The molecule has 0 saturated carbocycles. The number of amides is 2. The van der Waals surface area contributed by atoms with Gasteiger partial charge in [-0.1, -0.05) is 12.1 Å². The number of carbonyl (C=O) groups excluding carboxylic acids is 2. The summed E-state index contributed by atoms with van der Waals surface area (Å²) < 4.78 is 14.9. The van der Waals surface area contributed by atoms with Crippen LogP contribution in [-0.2, 0) is 7.05 Å². The number of benzene rings is 1. The van der Waals surface area contributed by atoms with Crippen LogP contribution >= 0.6 is 0 Å². The monoisotopic (exact) mass is 424 g/mol. The molecule has 2 N–H and O–H groups in total. The number of para-hydroxylation sites is 1. The lowest BCUT2D eigenvalue weighted by Gasteiger charge is -2.31. The maximum absolute atomic E-state index is 13.7. The van der Waals surface area contributed by atoms with Gasteiger partial charge in [0.15, 0.2) is 5.69 Å². The second kappa shape index (κ2) is 8.50. The molecule has 3 aromatic rings. The van der Waals surface area contributed by atoms with Gasteiger partial charge in [0.1, 0.15) is 11.5 Å². The lowest BCUT2D eigenvalue weighted by atomic mass is 9.93. The van der Waals surface area contributed by atoms with E-state index in [2.05, 4.69) is 20.6 Å². The van der Waals surface area contributed by atoms with Crippen LogP contribution in [-0.4, -0.2) is 49.8 Å². The number of hydrogen-bond acceptors (Lipinski definition) is 5. The van der Waals surface area contributed by atoms with Gasteiger partial charge < -0.3 is 10.2 Å². The molecule has 1 saturated heterocycles. The van der Waals surface area contributed by atoms with E-state index in [9.17, 15) is 18.8 Å². The first-order chi connectivity index (χ1) is 14.9. The predicted molar refractivity (Wildman–Crippen MR) is 110 cm³/mol. The second-order valence-corrected chi connectivity index (χ2v) is 7.39. The van der Waals surface area contributed by atoms with E-state index >= 15 is 0 Å². The van der Waals surface area contributed by atoms with Gasteiger partial charge in [0.2, 0.25) is 0 Å². The van der Waals surface area contributed by atoms with Crippen molar-refractivity contribution in [1.29, 1.82) is 0 Å². The van der Waals surface area contributed by atoms with Crippen LogP contribution in [0.5, 0.6) is 0 Å². The van der Waals surface area contributed by atoms with Gasteiger partial charge in [-0.3, -0.25) is 19.5 Å². The molecule has 0 bridgehead atoms. The van der Waals surface area contributed by atoms with Crippen molar-refractivity contribution >= 4 is 17.5 Å². The van der Waals surface area contributed by atoms with Crippen molar-refractivity contribution in [2.45, 2.75) is 18.8 Å². The summed E-state index contributed by atoms with van der Waals surface area (Å²) in [4.78, 5) is 38.2. The molecule has 3 heterocycles. The molecule has 10 heteroatoms. The van der Waals surface area contributed by atoms with Crippen molar-refractivity contribution in [3.05, 3.63) is 75.7 Å². The number of H-pyrrole nitrogens is 1. The van der Waals surface area contributed by atoms with Gasteiger partial charge in [0, 0.05) is 37.8 Å². The Hall–Kier alpha value is -3.82. The highest BCUT2D eigenvalue weighted by Gasteiger charge is 2.27. The quantitative estimate of drug-likeness (QED) is 0.664. The Balaban J connectivity index is 1.37. The van der Waals surface area contributed by atoms with E-state index in [4.69, 9.17) is 0 Å². The van der Waals surface area contributed by atoms with Crippen molar-refractivity contribution in [3.63, 3.8) is 0 Å². The van der Waals surface area contributed by atoms with E-state index in [1.165, 1.54) is 31.3 Å². The summed E-state index contributed by atoms with van der Waals surface area (Å²) in [6.45, 7) is 1.04. The normalized spacial score (nSPS) is 14.5. The Morgan fingerprint density at radius 3 is 2.58 bits per heavy atom. The minimum atomic E-state index is -0.517. The van der Waals surface area contributed by atoms with E-state index < -0.39 is 11.7 Å². The largest absolute Gasteiger partial charge is 0.337 e. The summed E-state index contributed by atoms with van der Waals surface area (Å²) in [6.07, 6.45) is 1.38. The van der Waals surface area contributed by atoms with E-state index in [1.54, 1.807) is 23.1 Å². The SMILES string of the molecule is Cn1nc(C(=O)N2CCC(c3cc(C(=O)Nc4ccccc4F)n[nH]3)CC2)ccc1=O. The van der Waals surface area contributed by atoms with Gasteiger partial charge in [0.05, 0.1) is 5.69 Å². The Morgan fingerprint density at radius 1 is 1.13 bits per heavy atom. The average Bonchev–Trinajstić information content (AvgIpc) is 3.27. The highest BCUT2D eigenvalue weighted by molar-refractivity contribution is 6.03. The number of hydrogen-bond donors (Lipinski definition) is 2. The Bertz CT molecular complexity index is 1180. The zero-order valence-electron chi connectivity index (χ0n) is 16.8. The van der Waals surface area contributed by atoms with Gasteiger partial charge in [-0.25, -0.2) is 9.07 Å². The van der Waals surface area contributed by atoms with Crippen LogP contribution in [0.1, 0.15) is 45.4 Å². The second-order valence-electron chi connectivity index (χ2n) is 7.39. The number of nitrogens with one attached hydrogen (secondary N) is 2. The van der Waals surface area contributed by atoms with Gasteiger partial charge >= 0.3 is 0 Å². The van der Waals surface area contributed by atoms with Crippen LogP contribution in [0.25, 0.3) is 0 Å². The summed E-state index contributed by atoms with van der Waals surface area (Å²) in [5.74, 6) is -1.12. The Labute approximate surface area is 176 Å². The molecule has 1 fully saturated rings. The third-order valence-corrected chi connectivity index (χ3v) is 5.35. The van der Waals surface area contributed by atoms with Crippen LogP contribution < -0.4 is 10.9 Å². The van der Waals surface area contributed by atoms with Crippen LogP contribution in [0.4, 0.5) is 10.1 Å². The molecule has 0 atom stereocenters. The summed E-state index contributed by atoms with van der Waals surface area (Å²) >= 11 is 0. The van der Waals surface area contributed by atoms with E-state index in [-0.39, 0.29) is 34.5 Å². The first kappa shape index (κ1) is 20.5. The highest BCUT2D eigenvalue weighted by atomic mass is 19.1. The number of carbonyl (C=O) groups is 2. The molecule has 0 aliphatic carbocycles. The van der Waals surface area contributed by atoms with Crippen molar-refractivity contribution in [3.8, 4) is 0 Å². The van der Waals surface area contributed by atoms with E-state index in [1.807, 2.05) is 0 Å². The molecule has 1 aliphatic heterocycles. The summed E-state index contributed by atoms with van der Waals surface area (Å²) in [5.41, 5.74) is 1.02. The van der Waals surface area contributed by atoms with Crippen LogP contribution in [0.3, 0.4) is 0 Å². The standard InChI is InChI=1S/C21H21FN6O3/c1-27-19(29)7-6-16(26-27)21(31)28-10-8-13(9-11-28)17-12-18(25-24-17)20(30)23-15-5-3-2-4-14(15)22/h2-7,12-13H,8-11H2,1H3,(H,23,30)(H,24,25). The fourth-order valence-electron chi connectivity index (χ4n) is 3.58. The minimum absolute atomic E-state index is 0.0934. The van der Waals surface area contributed by atoms with Crippen molar-refractivity contribution in [2.75, 3.05) is 18.4 Å². The predicted octanol–water partition coefficient (Wildman–Crippen LogP) is 1.91. The first-order valence-corrected chi connectivity index (χ1v) is 9.87. The fourth-order valence-corrected chi connectivity index (χ4v) is 3.58. The third-order valence-electron chi connectivity index (χ3n) is 5.35. The molecule has 2 amide bonds. The van der Waals surface area contributed by atoms with Gasteiger partial charge in [-0.2, -0.15) is 10.2 Å². The molecule has 1 aliphatic rings. The number of anilines is 1. The molecule has 31 heavy (non-hydrogen) atoms. The number of halogens is 1. The number of nitrogens with zero attached hydrogens (tertiary/aromatic N) is 4. The van der Waals surface area contributed by atoms with Crippen LogP contribution in [0.2, 0.25) is 0 Å². The molecule has 0 radical (unpaired) electrons. The number of aromatic amines is 1. The van der Waals surface area contributed by atoms with E-state index in [0.717, 1.165) is 10.4 Å². The Kier molecular flexibility index (Phi) is 5.61. The molecule has 2 aromatic heterocycles. The number of rotatable bonds is 4. The molecule has 0 unspecified atom stereocenters. The molecule has 160 valence electrons. The van der Waals surface area contributed by atoms with Crippen molar-refractivity contribution in [2.24, 2.45) is 7.05 Å². The average molecular weight is 424 g/mol. The lowest BCUT2D eigenvalue weighted by Crippen LogP contribution is -2.39.